The van der Waals surface area contributed by atoms with Gasteiger partial charge in [0.1, 0.15) is 11.8 Å². The highest BCUT2D eigenvalue weighted by Crippen LogP contribution is 2.05. The summed E-state index contributed by atoms with van der Waals surface area (Å²) in [6.45, 7) is 1.31. The lowest BCUT2D eigenvalue weighted by molar-refractivity contribution is -0.141. The largest absolute Gasteiger partial charge is 0.480 e. The molecule has 0 fully saturated rings. The van der Waals surface area contributed by atoms with E-state index in [1.165, 1.54) is 6.92 Å². The molecule has 0 heterocycles. The third-order valence-electron chi connectivity index (χ3n) is 1.44. The molecule has 4 nitrogen and oxygen atoms in total. The van der Waals surface area contributed by atoms with E-state index >= 15 is 0 Å². The van der Waals surface area contributed by atoms with Gasteiger partial charge in [0.2, 0.25) is 0 Å². The molecule has 0 rings (SSSR count). The number of nitrogens with two attached hydrogens (primary N) is 1. The lowest BCUT2D eigenvalue weighted by Crippen LogP contribution is -2.42. The summed E-state index contributed by atoms with van der Waals surface area (Å²) in [4.78, 5) is 21.0. The third-order valence-corrected chi connectivity index (χ3v) is 1.83. The van der Waals surface area contributed by atoms with Gasteiger partial charge in [0.15, 0.2) is 0 Å². The first-order chi connectivity index (χ1) is 5.00. The maximum absolute atomic E-state index is 10.7. The first kappa shape index (κ1) is 10.4. The summed E-state index contributed by atoms with van der Waals surface area (Å²) in [5.41, 5.74) is 5.20. The highest BCUT2D eigenvalue weighted by atomic mass is 32.1. The second-order valence-electron chi connectivity index (χ2n) is 2.26. The predicted molar refractivity (Wildman–Crippen MR) is 43.6 cm³/mol. The smallest absolute Gasteiger partial charge is 0.321 e. The number of aliphatic carboxylic acids is 1. The minimum absolute atomic E-state index is 0.169. The summed E-state index contributed by atoms with van der Waals surface area (Å²) >= 11 is 3.82. The van der Waals surface area contributed by atoms with Crippen LogP contribution in [0.5, 0.6) is 0 Å². The molecule has 0 saturated heterocycles. The average molecular weight is 177 g/mol. The molecule has 0 aromatic carbocycles. The van der Waals surface area contributed by atoms with Gasteiger partial charge in [-0.05, 0) is 6.92 Å². The van der Waals surface area contributed by atoms with Gasteiger partial charge in [-0.3, -0.25) is 9.59 Å². The Kier molecular flexibility index (Phi) is 4.14. The van der Waals surface area contributed by atoms with E-state index in [0.717, 1.165) is 0 Å². The van der Waals surface area contributed by atoms with E-state index in [9.17, 15) is 9.59 Å². The van der Waals surface area contributed by atoms with Crippen molar-refractivity contribution in [3.8, 4) is 0 Å². The number of Topliss-reactive ketones (excluding diaryl/α,β-unsaturated/α-hetero) is 1. The standard InChI is InChI=1S/C6H11NO3S/c1-3(8)4(2-11)5(7)6(9)10/h4-5,11H,2,7H2,1H3,(H,9,10)/t4?,5-/m0/s1. The molecule has 64 valence electrons. The zero-order chi connectivity index (χ0) is 9.02. The van der Waals surface area contributed by atoms with Crippen molar-refractivity contribution < 1.29 is 14.7 Å². The van der Waals surface area contributed by atoms with Crippen LogP contribution in [0, 0.1) is 5.92 Å². The molecular formula is C6H11NO3S. The number of thiol groups is 1. The molecular weight excluding hydrogens is 166 g/mol. The maximum Gasteiger partial charge on any atom is 0.321 e. The van der Waals surface area contributed by atoms with Gasteiger partial charge in [-0.2, -0.15) is 12.6 Å². The van der Waals surface area contributed by atoms with Gasteiger partial charge in [0.25, 0.3) is 0 Å². The summed E-state index contributed by atoms with van der Waals surface area (Å²) in [6.07, 6.45) is 0. The summed E-state index contributed by atoms with van der Waals surface area (Å²) in [6, 6.07) is -1.13. The molecule has 0 saturated carbocycles. The van der Waals surface area contributed by atoms with E-state index in [-0.39, 0.29) is 11.5 Å². The molecule has 2 atom stereocenters. The number of carboxylic acid groups (broad SMARTS) is 1. The molecule has 0 amide bonds. The van der Waals surface area contributed by atoms with Gasteiger partial charge in [-0.25, -0.2) is 0 Å². The Balaban J connectivity index is 4.25. The van der Waals surface area contributed by atoms with Gasteiger partial charge in [0, 0.05) is 5.75 Å². The van der Waals surface area contributed by atoms with Crippen LogP contribution in [0.25, 0.3) is 0 Å². The van der Waals surface area contributed by atoms with Gasteiger partial charge < -0.3 is 10.8 Å². The Morgan fingerprint density at radius 1 is 1.64 bits per heavy atom. The summed E-state index contributed by atoms with van der Waals surface area (Å²) in [5.74, 6) is -1.92. The number of hydrogen-bond acceptors (Lipinski definition) is 4. The van der Waals surface area contributed by atoms with Crippen LogP contribution in [-0.2, 0) is 9.59 Å². The number of carboxylic acids is 1. The number of ketones is 1. The van der Waals surface area contributed by atoms with Crippen molar-refractivity contribution in [1.29, 1.82) is 0 Å². The number of hydrogen-bond donors (Lipinski definition) is 3. The molecule has 0 bridgehead atoms. The summed E-state index contributed by atoms with van der Waals surface area (Å²) in [7, 11) is 0. The van der Waals surface area contributed by atoms with Gasteiger partial charge in [-0.1, -0.05) is 0 Å². The molecule has 0 radical (unpaired) electrons. The van der Waals surface area contributed by atoms with E-state index in [2.05, 4.69) is 12.6 Å². The first-order valence-corrected chi connectivity index (χ1v) is 3.73. The third kappa shape index (κ3) is 2.90. The minimum atomic E-state index is -1.17. The Bertz CT molecular complexity index is 171. The summed E-state index contributed by atoms with van der Waals surface area (Å²) in [5, 5.41) is 8.42. The molecule has 0 aromatic heterocycles. The van der Waals surface area contributed by atoms with E-state index in [1.807, 2.05) is 0 Å². The molecule has 0 aliphatic rings. The van der Waals surface area contributed by atoms with Gasteiger partial charge in [-0.15, -0.1) is 0 Å². The minimum Gasteiger partial charge on any atom is -0.480 e. The second-order valence-corrected chi connectivity index (χ2v) is 2.63. The van der Waals surface area contributed by atoms with Crippen molar-refractivity contribution in [1.82, 2.24) is 0 Å². The highest BCUT2D eigenvalue weighted by Gasteiger charge is 2.26. The molecule has 0 spiro atoms. The fourth-order valence-corrected chi connectivity index (χ4v) is 1.15. The Hall–Kier alpha value is -0.550. The molecule has 1 unspecified atom stereocenters. The van der Waals surface area contributed by atoms with E-state index in [1.54, 1.807) is 0 Å². The fraction of sp³-hybridized carbons (Fsp3) is 0.667. The normalized spacial score (nSPS) is 15.5. The lowest BCUT2D eigenvalue weighted by atomic mass is 9.99. The SMILES string of the molecule is CC(=O)C(CS)[C@H](N)C(=O)O. The Morgan fingerprint density at radius 3 is 2.18 bits per heavy atom. The van der Waals surface area contributed by atoms with Crippen molar-refractivity contribution in [2.45, 2.75) is 13.0 Å². The van der Waals surface area contributed by atoms with Crippen molar-refractivity contribution >= 4 is 24.4 Å². The molecule has 11 heavy (non-hydrogen) atoms. The van der Waals surface area contributed by atoms with Crippen molar-refractivity contribution in [2.24, 2.45) is 11.7 Å². The number of rotatable bonds is 4. The zero-order valence-electron chi connectivity index (χ0n) is 6.15. The van der Waals surface area contributed by atoms with Crippen molar-refractivity contribution in [2.75, 3.05) is 5.75 Å². The van der Waals surface area contributed by atoms with Gasteiger partial charge in [0.05, 0.1) is 5.92 Å². The van der Waals surface area contributed by atoms with Crippen LogP contribution in [0.4, 0.5) is 0 Å². The zero-order valence-corrected chi connectivity index (χ0v) is 7.04. The van der Waals surface area contributed by atoms with Crippen LogP contribution in [0.15, 0.2) is 0 Å². The highest BCUT2D eigenvalue weighted by molar-refractivity contribution is 7.80. The summed E-state index contributed by atoms with van der Waals surface area (Å²) < 4.78 is 0. The van der Waals surface area contributed by atoms with E-state index < -0.39 is 17.9 Å². The molecule has 3 N–H and O–H groups in total. The molecule has 0 aliphatic carbocycles. The van der Waals surface area contributed by atoms with Crippen LogP contribution in [0.2, 0.25) is 0 Å². The second kappa shape index (κ2) is 4.35. The monoisotopic (exact) mass is 177 g/mol. The topological polar surface area (TPSA) is 80.4 Å². The van der Waals surface area contributed by atoms with Crippen LogP contribution >= 0.6 is 12.6 Å². The van der Waals surface area contributed by atoms with Crippen molar-refractivity contribution in [3.63, 3.8) is 0 Å². The number of carbonyl (C=O) groups is 2. The van der Waals surface area contributed by atoms with E-state index in [4.69, 9.17) is 10.8 Å². The number of carbonyl (C=O) groups excluding carboxylic acids is 1. The van der Waals surface area contributed by atoms with Crippen LogP contribution in [-0.4, -0.2) is 28.7 Å². The Morgan fingerprint density at radius 2 is 2.09 bits per heavy atom. The maximum atomic E-state index is 10.7. The van der Waals surface area contributed by atoms with Crippen LogP contribution in [0.3, 0.4) is 0 Å². The first-order valence-electron chi connectivity index (χ1n) is 3.10. The molecule has 0 aromatic rings. The van der Waals surface area contributed by atoms with E-state index in [0.29, 0.717) is 0 Å². The lowest BCUT2D eigenvalue weighted by Gasteiger charge is -2.14. The Labute approximate surface area is 70.2 Å². The predicted octanol–water partition coefficient (Wildman–Crippen LogP) is -0.467. The van der Waals surface area contributed by atoms with Gasteiger partial charge >= 0.3 is 5.97 Å². The molecule has 5 heteroatoms. The van der Waals surface area contributed by atoms with Crippen LogP contribution < -0.4 is 5.73 Å². The van der Waals surface area contributed by atoms with Crippen molar-refractivity contribution in [3.05, 3.63) is 0 Å². The van der Waals surface area contributed by atoms with Crippen LogP contribution in [0.1, 0.15) is 6.92 Å². The molecule has 0 aliphatic heterocycles. The fourth-order valence-electron chi connectivity index (χ4n) is 0.667. The average Bonchev–Trinajstić information content (AvgIpc) is 1.88. The quantitative estimate of drug-likeness (QED) is 0.507.